The van der Waals surface area contributed by atoms with Crippen molar-refractivity contribution in [3.8, 4) is 0 Å². The maximum Gasteiger partial charge on any atom is 0.292 e. The minimum atomic E-state index is -0.598. The van der Waals surface area contributed by atoms with E-state index in [4.69, 9.17) is 5.73 Å². The van der Waals surface area contributed by atoms with E-state index in [1.165, 1.54) is 18.2 Å². The summed E-state index contributed by atoms with van der Waals surface area (Å²) in [6, 6.07) is 4.12. The molecule has 3 N–H and O–H groups in total. The van der Waals surface area contributed by atoms with Crippen molar-refractivity contribution in [3.63, 3.8) is 0 Å². The van der Waals surface area contributed by atoms with Crippen LogP contribution in [0.15, 0.2) is 18.2 Å². The number of nitrogen functional groups attached to an aromatic ring is 1. The standard InChI is InChI=1S/C13H19N3O3/c1-8(13(2,3)4)15-12(17)9-6-5-7-10(11(9)14)16(18)19/h5-8H,14H2,1-4H3,(H,15,17). The Morgan fingerprint density at radius 3 is 2.47 bits per heavy atom. The van der Waals surface area contributed by atoms with Gasteiger partial charge in [0.15, 0.2) is 0 Å². The molecule has 1 aromatic rings. The van der Waals surface area contributed by atoms with Crippen LogP contribution in [0.25, 0.3) is 0 Å². The number of rotatable bonds is 3. The zero-order valence-corrected chi connectivity index (χ0v) is 11.6. The molecule has 0 saturated heterocycles. The maximum absolute atomic E-state index is 12.1. The van der Waals surface area contributed by atoms with Gasteiger partial charge in [-0.15, -0.1) is 0 Å². The molecular formula is C13H19N3O3. The average Bonchev–Trinajstić information content (AvgIpc) is 2.27. The van der Waals surface area contributed by atoms with Gasteiger partial charge in [0.25, 0.3) is 11.6 Å². The molecule has 0 spiro atoms. The van der Waals surface area contributed by atoms with Crippen molar-refractivity contribution in [2.45, 2.75) is 33.7 Å². The van der Waals surface area contributed by atoms with Crippen molar-refractivity contribution in [1.29, 1.82) is 0 Å². The number of nitro benzene ring substituents is 1. The maximum atomic E-state index is 12.1. The summed E-state index contributed by atoms with van der Waals surface area (Å²) in [6.45, 7) is 7.86. The molecular weight excluding hydrogens is 246 g/mol. The number of benzene rings is 1. The molecule has 19 heavy (non-hydrogen) atoms. The number of carbonyl (C=O) groups is 1. The molecule has 1 rings (SSSR count). The van der Waals surface area contributed by atoms with Crippen LogP contribution >= 0.6 is 0 Å². The van der Waals surface area contributed by atoms with Gasteiger partial charge in [0.05, 0.1) is 10.5 Å². The lowest BCUT2D eigenvalue weighted by Crippen LogP contribution is -2.41. The fourth-order valence-electron chi connectivity index (χ4n) is 1.40. The van der Waals surface area contributed by atoms with E-state index in [0.717, 1.165) is 0 Å². The summed E-state index contributed by atoms with van der Waals surface area (Å²) in [5, 5.41) is 13.6. The Bertz CT molecular complexity index is 506. The number of hydrogen-bond donors (Lipinski definition) is 2. The third-order valence-electron chi connectivity index (χ3n) is 3.17. The first-order valence-corrected chi connectivity index (χ1v) is 5.98. The molecule has 0 aliphatic rings. The first-order valence-electron chi connectivity index (χ1n) is 5.98. The molecule has 0 radical (unpaired) electrons. The van der Waals surface area contributed by atoms with Gasteiger partial charge >= 0.3 is 0 Å². The first-order chi connectivity index (χ1) is 8.64. The van der Waals surface area contributed by atoms with Gasteiger partial charge in [-0.2, -0.15) is 0 Å². The third-order valence-corrected chi connectivity index (χ3v) is 3.17. The zero-order valence-electron chi connectivity index (χ0n) is 11.6. The predicted octanol–water partition coefficient (Wildman–Crippen LogP) is 2.34. The highest BCUT2D eigenvalue weighted by Gasteiger charge is 2.24. The number of nitro groups is 1. The molecule has 6 heteroatoms. The predicted molar refractivity (Wildman–Crippen MR) is 73.9 cm³/mol. The Morgan fingerprint density at radius 1 is 1.42 bits per heavy atom. The Morgan fingerprint density at radius 2 is 2.00 bits per heavy atom. The third kappa shape index (κ3) is 3.43. The number of hydrogen-bond acceptors (Lipinski definition) is 4. The van der Waals surface area contributed by atoms with Crippen molar-refractivity contribution >= 4 is 17.3 Å². The van der Waals surface area contributed by atoms with E-state index in [9.17, 15) is 14.9 Å². The van der Waals surface area contributed by atoms with Gasteiger partial charge in [-0.25, -0.2) is 0 Å². The Balaban J connectivity index is 3.02. The van der Waals surface area contributed by atoms with Gasteiger partial charge in [-0.05, 0) is 18.4 Å². The van der Waals surface area contributed by atoms with Crippen molar-refractivity contribution in [2.75, 3.05) is 5.73 Å². The van der Waals surface area contributed by atoms with Crippen LogP contribution in [0.2, 0.25) is 0 Å². The number of nitrogens with zero attached hydrogens (tertiary/aromatic N) is 1. The summed E-state index contributed by atoms with van der Waals surface area (Å²) in [5.74, 6) is -0.399. The monoisotopic (exact) mass is 265 g/mol. The topological polar surface area (TPSA) is 98.3 Å². The van der Waals surface area contributed by atoms with Crippen molar-refractivity contribution in [3.05, 3.63) is 33.9 Å². The van der Waals surface area contributed by atoms with Gasteiger partial charge in [0.1, 0.15) is 5.69 Å². The fraction of sp³-hybridized carbons (Fsp3) is 0.462. The molecule has 1 amide bonds. The molecule has 0 bridgehead atoms. The molecule has 0 aromatic heterocycles. The molecule has 1 aromatic carbocycles. The Hall–Kier alpha value is -2.11. The molecule has 0 aliphatic heterocycles. The second-order valence-electron chi connectivity index (χ2n) is 5.56. The summed E-state index contributed by atoms with van der Waals surface area (Å²) in [4.78, 5) is 22.3. The summed E-state index contributed by atoms with van der Waals surface area (Å²) >= 11 is 0. The number of para-hydroxylation sites is 1. The van der Waals surface area contributed by atoms with Crippen LogP contribution in [0.4, 0.5) is 11.4 Å². The number of carbonyl (C=O) groups excluding carboxylic acids is 1. The molecule has 0 fully saturated rings. The number of nitrogens with one attached hydrogen (secondary N) is 1. The zero-order chi connectivity index (χ0) is 14.8. The van der Waals surface area contributed by atoms with Crippen LogP contribution in [-0.4, -0.2) is 16.9 Å². The van der Waals surface area contributed by atoms with E-state index in [2.05, 4.69) is 5.32 Å². The first kappa shape index (κ1) is 14.9. The Labute approximate surface area is 112 Å². The van der Waals surface area contributed by atoms with Crippen LogP contribution < -0.4 is 11.1 Å². The highest BCUT2D eigenvalue weighted by atomic mass is 16.6. The molecule has 6 nitrogen and oxygen atoms in total. The van der Waals surface area contributed by atoms with Crippen LogP contribution in [0, 0.1) is 15.5 Å². The summed E-state index contributed by atoms with van der Waals surface area (Å²) < 4.78 is 0. The highest BCUT2D eigenvalue weighted by Crippen LogP contribution is 2.25. The fourth-order valence-corrected chi connectivity index (χ4v) is 1.40. The largest absolute Gasteiger partial charge is 0.393 e. The van der Waals surface area contributed by atoms with Crippen molar-refractivity contribution in [1.82, 2.24) is 5.32 Å². The second kappa shape index (κ2) is 5.26. The molecule has 0 aliphatic carbocycles. The number of amides is 1. The lowest BCUT2D eigenvalue weighted by Gasteiger charge is -2.28. The van der Waals surface area contributed by atoms with Crippen LogP contribution in [-0.2, 0) is 0 Å². The quantitative estimate of drug-likeness (QED) is 0.498. The smallest absolute Gasteiger partial charge is 0.292 e. The Kier molecular flexibility index (Phi) is 4.14. The molecule has 0 saturated carbocycles. The van der Waals surface area contributed by atoms with E-state index in [0.29, 0.717) is 0 Å². The number of anilines is 1. The normalized spacial score (nSPS) is 12.8. The SMILES string of the molecule is CC(NC(=O)c1cccc([N+](=O)[O-])c1N)C(C)(C)C. The lowest BCUT2D eigenvalue weighted by molar-refractivity contribution is -0.383. The van der Waals surface area contributed by atoms with E-state index < -0.39 is 10.8 Å². The summed E-state index contributed by atoms with van der Waals surface area (Å²) in [7, 11) is 0. The van der Waals surface area contributed by atoms with E-state index in [1.807, 2.05) is 27.7 Å². The van der Waals surface area contributed by atoms with E-state index in [-0.39, 0.29) is 28.4 Å². The molecule has 104 valence electrons. The van der Waals surface area contributed by atoms with E-state index in [1.54, 1.807) is 0 Å². The van der Waals surface area contributed by atoms with Gasteiger partial charge < -0.3 is 11.1 Å². The second-order valence-corrected chi connectivity index (χ2v) is 5.56. The molecule has 1 atom stereocenters. The van der Waals surface area contributed by atoms with Crippen molar-refractivity contribution in [2.24, 2.45) is 5.41 Å². The van der Waals surface area contributed by atoms with Gasteiger partial charge in [-0.3, -0.25) is 14.9 Å². The highest BCUT2D eigenvalue weighted by molar-refractivity contribution is 6.01. The van der Waals surface area contributed by atoms with Gasteiger partial charge in [0.2, 0.25) is 0 Å². The molecule has 0 heterocycles. The van der Waals surface area contributed by atoms with E-state index >= 15 is 0 Å². The number of nitrogens with two attached hydrogens (primary N) is 1. The van der Waals surface area contributed by atoms with Gasteiger partial charge in [0, 0.05) is 12.1 Å². The van der Waals surface area contributed by atoms with Crippen molar-refractivity contribution < 1.29 is 9.72 Å². The minimum Gasteiger partial charge on any atom is -0.393 e. The lowest BCUT2D eigenvalue weighted by atomic mass is 9.88. The summed E-state index contributed by atoms with van der Waals surface area (Å²) in [5.41, 5.74) is 5.33. The average molecular weight is 265 g/mol. The molecule has 1 unspecified atom stereocenters. The van der Waals surface area contributed by atoms with Gasteiger partial charge in [-0.1, -0.05) is 26.8 Å². The van der Waals surface area contributed by atoms with Crippen LogP contribution in [0.1, 0.15) is 38.1 Å². The summed E-state index contributed by atoms with van der Waals surface area (Å²) in [6.07, 6.45) is 0. The minimum absolute atomic E-state index is 0.0846. The van der Waals surface area contributed by atoms with Crippen LogP contribution in [0.5, 0.6) is 0 Å². The van der Waals surface area contributed by atoms with Crippen LogP contribution in [0.3, 0.4) is 0 Å².